The van der Waals surface area contributed by atoms with Gasteiger partial charge in [-0.3, -0.25) is 4.57 Å². The molecule has 1 aromatic rings. The molecule has 0 aromatic carbocycles. The number of nitrogens with one attached hydrogen (secondary N) is 1. The Labute approximate surface area is 89.9 Å². The van der Waals surface area contributed by atoms with Crippen molar-refractivity contribution < 1.29 is 0 Å². The van der Waals surface area contributed by atoms with Crippen molar-refractivity contribution in [2.45, 2.75) is 37.8 Å². The number of likely N-dealkylation sites (N-methyl/N-ethyl adjacent to an activating group) is 1. The normalized spacial score (nSPS) is 19.9. The molecule has 0 aliphatic heterocycles. The van der Waals surface area contributed by atoms with E-state index in [1.165, 1.54) is 25.7 Å². The van der Waals surface area contributed by atoms with Crippen LogP contribution >= 0.6 is 0 Å². The van der Waals surface area contributed by atoms with Crippen molar-refractivity contribution >= 4 is 0 Å². The molecule has 2 rings (SSSR count). The van der Waals surface area contributed by atoms with E-state index in [9.17, 15) is 4.79 Å². The van der Waals surface area contributed by atoms with Crippen molar-refractivity contribution in [1.29, 1.82) is 0 Å². The maximum atomic E-state index is 11.5. The van der Waals surface area contributed by atoms with Gasteiger partial charge in [0.05, 0.1) is 0 Å². The van der Waals surface area contributed by atoms with E-state index >= 15 is 0 Å². The summed E-state index contributed by atoms with van der Waals surface area (Å²) in [6.45, 7) is 0.808. The maximum Gasteiger partial charge on any atom is 0.325 e. The van der Waals surface area contributed by atoms with Crippen LogP contribution in [0, 0.1) is 0 Å². The molecule has 4 heteroatoms. The first-order chi connectivity index (χ1) is 7.14. The van der Waals surface area contributed by atoms with Gasteiger partial charge < -0.3 is 9.88 Å². The largest absolute Gasteiger partial charge is 0.325 e. The van der Waals surface area contributed by atoms with E-state index in [4.69, 9.17) is 0 Å². The van der Waals surface area contributed by atoms with Crippen LogP contribution in [-0.4, -0.2) is 34.1 Å². The molecule has 1 aromatic heterocycles. The van der Waals surface area contributed by atoms with E-state index < -0.39 is 0 Å². The first-order valence-corrected chi connectivity index (χ1v) is 5.55. The van der Waals surface area contributed by atoms with Crippen molar-refractivity contribution in [3.05, 3.63) is 22.9 Å². The Kier molecular flexibility index (Phi) is 2.69. The first kappa shape index (κ1) is 10.5. The lowest BCUT2D eigenvalue weighted by molar-refractivity contribution is 0.132. The van der Waals surface area contributed by atoms with Crippen molar-refractivity contribution in [3.8, 4) is 0 Å². The summed E-state index contributed by atoms with van der Waals surface area (Å²) in [5, 5.41) is 0. The first-order valence-electron chi connectivity index (χ1n) is 5.55. The van der Waals surface area contributed by atoms with Gasteiger partial charge in [-0.15, -0.1) is 0 Å². The summed E-state index contributed by atoms with van der Waals surface area (Å²) in [7, 11) is 4.23. The molecule has 0 bridgehead atoms. The minimum atomic E-state index is 0.00289. The molecule has 1 N–H and O–H groups in total. The number of aromatic nitrogens is 2. The minimum Gasteiger partial charge on any atom is -0.313 e. The van der Waals surface area contributed by atoms with E-state index in [0.29, 0.717) is 0 Å². The Morgan fingerprint density at radius 1 is 1.47 bits per heavy atom. The molecule has 84 valence electrons. The van der Waals surface area contributed by atoms with Gasteiger partial charge in [-0.1, -0.05) is 12.8 Å². The van der Waals surface area contributed by atoms with E-state index in [2.05, 4.69) is 24.0 Å². The van der Waals surface area contributed by atoms with Crippen molar-refractivity contribution in [3.63, 3.8) is 0 Å². The third kappa shape index (κ3) is 1.86. The number of rotatable bonds is 3. The molecule has 1 aliphatic carbocycles. The average Bonchev–Trinajstić information content (AvgIpc) is 2.78. The van der Waals surface area contributed by atoms with Gasteiger partial charge in [0.15, 0.2) is 0 Å². The molecule has 4 nitrogen and oxygen atoms in total. The molecular weight excluding hydrogens is 190 g/mol. The second-order valence-corrected chi connectivity index (χ2v) is 4.72. The second kappa shape index (κ2) is 3.85. The average molecular weight is 209 g/mol. The molecule has 0 atom stereocenters. The highest BCUT2D eigenvalue weighted by Crippen LogP contribution is 2.34. The predicted octanol–water partition coefficient (Wildman–Crippen LogP) is 1.05. The highest BCUT2D eigenvalue weighted by molar-refractivity contribution is 4.94. The third-order valence-corrected chi connectivity index (χ3v) is 3.67. The van der Waals surface area contributed by atoms with E-state index in [0.717, 1.165) is 6.54 Å². The van der Waals surface area contributed by atoms with Crippen LogP contribution in [0.4, 0.5) is 0 Å². The van der Waals surface area contributed by atoms with Crippen molar-refractivity contribution in [2.24, 2.45) is 0 Å². The van der Waals surface area contributed by atoms with Crippen LogP contribution in [0.3, 0.4) is 0 Å². The van der Waals surface area contributed by atoms with Crippen LogP contribution in [0.25, 0.3) is 0 Å². The molecule has 0 saturated heterocycles. The zero-order chi connectivity index (χ0) is 10.9. The zero-order valence-corrected chi connectivity index (χ0v) is 9.49. The number of aromatic amines is 1. The molecule has 0 radical (unpaired) electrons. The lowest BCUT2D eigenvalue weighted by Gasteiger charge is -2.36. The summed E-state index contributed by atoms with van der Waals surface area (Å²) in [6.07, 6.45) is 8.48. The number of nitrogens with zero attached hydrogens (tertiary/aromatic N) is 2. The van der Waals surface area contributed by atoms with E-state index in [-0.39, 0.29) is 11.2 Å². The molecule has 1 heterocycles. The van der Waals surface area contributed by atoms with Gasteiger partial charge in [0, 0.05) is 24.5 Å². The minimum absolute atomic E-state index is 0.00289. The fraction of sp³-hybridized carbons (Fsp3) is 0.727. The fourth-order valence-corrected chi connectivity index (χ4v) is 2.57. The SMILES string of the molecule is CN(C)C1(Cn2cc[nH]c2=O)CCCC1. The molecule has 0 amide bonds. The Balaban J connectivity index is 2.21. The smallest absolute Gasteiger partial charge is 0.313 e. The highest BCUT2D eigenvalue weighted by atomic mass is 16.1. The number of H-pyrrole nitrogens is 1. The van der Waals surface area contributed by atoms with Gasteiger partial charge in [0.1, 0.15) is 0 Å². The molecule has 15 heavy (non-hydrogen) atoms. The Bertz CT molecular complexity index is 371. The second-order valence-electron chi connectivity index (χ2n) is 4.72. The molecule has 1 saturated carbocycles. The van der Waals surface area contributed by atoms with E-state index in [1.807, 2.05) is 6.20 Å². The standard InChI is InChI=1S/C11H19N3O/c1-13(2)11(5-3-4-6-11)9-14-8-7-12-10(14)15/h7-8H,3-6,9H2,1-2H3,(H,12,15). The quantitative estimate of drug-likeness (QED) is 0.808. The summed E-state index contributed by atoms with van der Waals surface area (Å²) >= 11 is 0. The summed E-state index contributed by atoms with van der Waals surface area (Å²) in [5.74, 6) is 0. The summed E-state index contributed by atoms with van der Waals surface area (Å²) in [4.78, 5) is 16.4. The van der Waals surface area contributed by atoms with Crippen molar-refractivity contribution in [1.82, 2.24) is 14.5 Å². The van der Waals surface area contributed by atoms with Gasteiger partial charge in [-0.05, 0) is 26.9 Å². The molecule has 0 spiro atoms. The molecule has 0 unspecified atom stereocenters. The van der Waals surface area contributed by atoms with Gasteiger partial charge in [0.25, 0.3) is 0 Å². The lowest BCUT2D eigenvalue weighted by Crippen LogP contribution is -2.46. The fourth-order valence-electron chi connectivity index (χ4n) is 2.57. The van der Waals surface area contributed by atoms with Crippen LogP contribution in [0.2, 0.25) is 0 Å². The Morgan fingerprint density at radius 2 is 2.13 bits per heavy atom. The predicted molar refractivity (Wildman–Crippen MR) is 59.9 cm³/mol. The van der Waals surface area contributed by atoms with Crippen LogP contribution in [0.1, 0.15) is 25.7 Å². The molecular formula is C11H19N3O. The van der Waals surface area contributed by atoms with Crippen LogP contribution in [-0.2, 0) is 6.54 Å². The van der Waals surface area contributed by atoms with Gasteiger partial charge in [-0.2, -0.15) is 0 Å². The van der Waals surface area contributed by atoms with Gasteiger partial charge >= 0.3 is 5.69 Å². The summed E-state index contributed by atoms with van der Waals surface area (Å²) in [5.41, 5.74) is 0.189. The Morgan fingerprint density at radius 3 is 2.60 bits per heavy atom. The summed E-state index contributed by atoms with van der Waals surface area (Å²) < 4.78 is 1.78. The monoisotopic (exact) mass is 209 g/mol. The number of imidazole rings is 1. The maximum absolute atomic E-state index is 11.5. The lowest BCUT2D eigenvalue weighted by atomic mass is 9.96. The number of hydrogen-bond acceptors (Lipinski definition) is 2. The zero-order valence-electron chi connectivity index (χ0n) is 9.49. The molecule has 1 aliphatic rings. The Hall–Kier alpha value is -1.03. The van der Waals surface area contributed by atoms with Crippen molar-refractivity contribution in [2.75, 3.05) is 14.1 Å². The van der Waals surface area contributed by atoms with Gasteiger partial charge in [0.2, 0.25) is 0 Å². The van der Waals surface area contributed by atoms with Crippen LogP contribution < -0.4 is 5.69 Å². The summed E-state index contributed by atoms with van der Waals surface area (Å²) in [6, 6.07) is 0. The van der Waals surface area contributed by atoms with Crippen LogP contribution in [0.15, 0.2) is 17.2 Å². The third-order valence-electron chi connectivity index (χ3n) is 3.67. The van der Waals surface area contributed by atoms with Crippen LogP contribution in [0.5, 0.6) is 0 Å². The highest BCUT2D eigenvalue weighted by Gasteiger charge is 2.36. The number of hydrogen-bond donors (Lipinski definition) is 1. The van der Waals surface area contributed by atoms with Gasteiger partial charge in [-0.25, -0.2) is 4.79 Å². The van der Waals surface area contributed by atoms with E-state index in [1.54, 1.807) is 10.8 Å². The topological polar surface area (TPSA) is 41.0 Å². The molecule has 1 fully saturated rings.